The first kappa shape index (κ1) is 26.0. The number of ether oxygens (including phenoxy) is 1. The number of hydrogen-bond acceptors (Lipinski definition) is 6. The summed E-state index contributed by atoms with van der Waals surface area (Å²) in [6.45, 7) is 0.213. The van der Waals surface area contributed by atoms with E-state index in [2.05, 4.69) is 0 Å². The number of carbonyl (C=O) groups excluding carboxylic acids is 1. The van der Waals surface area contributed by atoms with Crippen molar-refractivity contribution in [2.45, 2.75) is 6.61 Å². The van der Waals surface area contributed by atoms with Crippen LogP contribution in [0.5, 0.6) is 5.75 Å². The Balaban J connectivity index is 1.40. The second-order valence-electron chi connectivity index (χ2n) is 9.23. The third kappa shape index (κ3) is 5.59. The van der Waals surface area contributed by atoms with Crippen LogP contribution in [0.25, 0.3) is 16.8 Å². The van der Waals surface area contributed by atoms with E-state index in [1.807, 2.05) is 103 Å². The predicted molar refractivity (Wildman–Crippen MR) is 164 cm³/mol. The van der Waals surface area contributed by atoms with Crippen LogP contribution in [0.15, 0.2) is 131 Å². The summed E-state index contributed by atoms with van der Waals surface area (Å²) in [6, 6.07) is 37.1. The predicted octanol–water partition coefficient (Wildman–Crippen LogP) is 8.14. The number of para-hydroxylation sites is 2. The summed E-state index contributed by atoms with van der Waals surface area (Å²) < 4.78 is 6.23. The van der Waals surface area contributed by atoms with Gasteiger partial charge in [0.2, 0.25) is 0 Å². The maximum absolute atomic E-state index is 13.9. The van der Waals surface area contributed by atoms with E-state index in [-0.39, 0.29) is 18.2 Å². The molecule has 0 bridgehead atoms. The van der Waals surface area contributed by atoms with E-state index in [1.165, 1.54) is 23.9 Å². The van der Waals surface area contributed by atoms with Gasteiger partial charge < -0.3 is 4.74 Å². The average molecular weight is 558 g/mol. The van der Waals surface area contributed by atoms with Crippen molar-refractivity contribution in [3.63, 3.8) is 0 Å². The van der Waals surface area contributed by atoms with Gasteiger partial charge in [0.15, 0.2) is 5.17 Å². The van der Waals surface area contributed by atoms with Crippen LogP contribution in [-0.2, 0) is 11.4 Å². The number of nitrogens with zero attached hydrogens (tertiary/aromatic N) is 3. The van der Waals surface area contributed by atoms with Gasteiger partial charge in [-0.2, -0.15) is 0 Å². The summed E-state index contributed by atoms with van der Waals surface area (Å²) in [5.41, 5.74) is 3.08. The van der Waals surface area contributed by atoms with Crippen molar-refractivity contribution in [1.29, 1.82) is 0 Å². The highest BCUT2D eigenvalue weighted by molar-refractivity contribution is 8.19. The van der Waals surface area contributed by atoms with Gasteiger partial charge in [0.1, 0.15) is 12.4 Å². The lowest BCUT2D eigenvalue weighted by atomic mass is 10.0. The lowest BCUT2D eigenvalue weighted by molar-refractivity contribution is -0.384. The van der Waals surface area contributed by atoms with Crippen LogP contribution in [0.1, 0.15) is 11.1 Å². The molecule has 1 amide bonds. The number of amides is 1. The molecule has 41 heavy (non-hydrogen) atoms. The van der Waals surface area contributed by atoms with Gasteiger partial charge in [0.05, 0.1) is 21.2 Å². The van der Waals surface area contributed by atoms with Crippen molar-refractivity contribution < 1.29 is 14.5 Å². The molecule has 0 unspecified atom stereocenters. The van der Waals surface area contributed by atoms with E-state index < -0.39 is 4.92 Å². The molecule has 1 saturated heterocycles. The molecule has 0 radical (unpaired) electrons. The van der Waals surface area contributed by atoms with Gasteiger partial charge in [-0.25, -0.2) is 4.99 Å². The molecule has 6 rings (SSSR count). The second kappa shape index (κ2) is 11.5. The number of hydrogen-bond donors (Lipinski definition) is 0. The first-order chi connectivity index (χ1) is 20.1. The number of carbonyl (C=O) groups is 1. The van der Waals surface area contributed by atoms with Gasteiger partial charge in [0, 0.05) is 17.7 Å². The minimum Gasteiger partial charge on any atom is -0.488 e. The summed E-state index contributed by atoms with van der Waals surface area (Å²) in [7, 11) is 0. The van der Waals surface area contributed by atoms with Crippen molar-refractivity contribution >= 4 is 56.7 Å². The Morgan fingerprint density at radius 1 is 0.829 bits per heavy atom. The number of nitro groups is 1. The highest BCUT2D eigenvalue weighted by Gasteiger charge is 2.35. The number of amidine groups is 1. The van der Waals surface area contributed by atoms with Gasteiger partial charge in [-0.05, 0) is 76.6 Å². The summed E-state index contributed by atoms with van der Waals surface area (Å²) >= 11 is 1.32. The van der Waals surface area contributed by atoms with Crippen LogP contribution in [0.2, 0.25) is 0 Å². The summed E-state index contributed by atoms with van der Waals surface area (Å²) in [5.74, 6) is 0.424. The maximum atomic E-state index is 13.9. The van der Waals surface area contributed by atoms with E-state index in [1.54, 1.807) is 17.0 Å². The summed E-state index contributed by atoms with van der Waals surface area (Å²) in [6.07, 6.45) is 1.87. The molecule has 0 aromatic heterocycles. The molecule has 8 heteroatoms. The first-order valence-corrected chi connectivity index (χ1v) is 13.7. The van der Waals surface area contributed by atoms with Crippen LogP contribution in [0, 0.1) is 10.1 Å². The molecule has 5 aromatic carbocycles. The topological polar surface area (TPSA) is 85.0 Å². The van der Waals surface area contributed by atoms with Crippen molar-refractivity contribution in [2.75, 3.05) is 4.90 Å². The van der Waals surface area contributed by atoms with Crippen LogP contribution in [0.3, 0.4) is 0 Å². The number of rotatable bonds is 7. The number of fused-ring (bicyclic) bond motifs is 1. The largest absolute Gasteiger partial charge is 0.488 e. The van der Waals surface area contributed by atoms with E-state index in [4.69, 9.17) is 9.73 Å². The molecular formula is C33H23N3O4S. The van der Waals surface area contributed by atoms with Crippen molar-refractivity contribution in [2.24, 2.45) is 4.99 Å². The van der Waals surface area contributed by atoms with Crippen LogP contribution in [-0.4, -0.2) is 16.0 Å². The van der Waals surface area contributed by atoms with E-state index in [0.29, 0.717) is 15.8 Å². The number of benzene rings is 5. The zero-order chi connectivity index (χ0) is 28.2. The second-order valence-corrected chi connectivity index (χ2v) is 10.2. The Morgan fingerprint density at radius 3 is 2.24 bits per heavy atom. The molecule has 5 aromatic rings. The Bertz CT molecular complexity index is 1800. The molecule has 0 spiro atoms. The molecule has 1 heterocycles. The van der Waals surface area contributed by atoms with Gasteiger partial charge in [-0.1, -0.05) is 66.7 Å². The molecule has 1 aliphatic heterocycles. The molecule has 7 nitrogen and oxygen atoms in total. The van der Waals surface area contributed by atoms with Crippen molar-refractivity contribution in [3.05, 3.63) is 147 Å². The zero-order valence-corrected chi connectivity index (χ0v) is 22.5. The Morgan fingerprint density at radius 2 is 1.51 bits per heavy atom. The van der Waals surface area contributed by atoms with Crippen LogP contribution in [0.4, 0.5) is 17.1 Å². The fourth-order valence-electron chi connectivity index (χ4n) is 4.52. The number of nitro benzene ring substituents is 1. The average Bonchev–Trinajstić information content (AvgIpc) is 3.31. The van der Waals surface area contributed by atoms with Crippen molar-refractivity contribution in [1.82, 2.24) is 0 Å². The van der Waals surface area contributed by atoms with Gasteiger partial charge >= 0.3 is 0 Å². The first-order valence-electron chi connectivity index (χ1n) is 12.9. The smallest absolute Gasteiger partial charge is 0.271 e. The van der Waals surface area contributed by atoms with Gasteiger partial charge in [0.25, 0.3) is 11.6 Å². The molecule has 0 saturated carbocycles. The molecule has 0 N–H and O–H groups in total. The van der Waals surface area contributed by atoms with E-state index in [9.17, 15) is 14.9 Å². The zero-order valence-electron chi connectivity index (χ0n) is 21.7. The monoisotopic (exact) mass is 557 g/mol. The minimum absolute atomic E-state index is 0.0255. The highest BCUT2D eigenvalue weighted by Crippen LogP contribution is 2.40. The number of anilines is 1. The molecule has 0 aliphatic carbocycles. The van der Waals surface area contributed by atoms with E-state index in [0.717, 1.165) is 33.3 Å². The fraction of sp³-hybridized carbons (Fsp3) is 0.0303. The molecule has 200 valence electrons. The van der Waals surface area contributed by atoms with Gasteiger partial charge in [-0.15, -0.1) is 0 Å². The summed E-state index contributed by atoms with van der Waals surface area (Å²) in [5, 5.41) is 13.5. The fourth-order valence-corrected chi connectivity index (χ4v) is 5.51. The Labute approximate surface area is 240 Å². The third-order valence-corrected chi connectivity index (χ3v) is 7.52. The number of thioether (sulfide) groups is 1. The number of non-ortho nitro benzene ring substituents is 1. The Hall–Kier alpha value is -5.21. The maximum Gasteiger partial charge on any atom is 0.271 e. The van der Waals surface area contributed by atoms with Gasteiger partial charge in [-0.3, -0.25) is 19.8 Å². The minimum atomic E-state index is -0.428. The summed E-state index contributed by atoms with van der Waals surface area (Å²) in [4.78, 5) is 31.4. The lowest BCUT2D eigenvalue weighted by Gasteiger charge is -2.15. The Kier molecular flexibility index (Phi) is 7.30. The molecule has 1 aliphatic rings. The number of aliphatic imine (C=N–C) groups is 1. The molecule has 0 atom stereocenters. The van der Waals surface area contributed by atoms with Crippen LogP contribution < -0.4 is 9.64 Å². The molecule has 1 fully saturated rings. The standard InChI is InChI=1S/C33H23N3O4S/c37-32-31(41-33(34-25-10-3-1-4-11-25)35(32)26-12-5-2-6-13-26)21-29-28-14-8-7-9-24(28)17-20-30(29)40-22-23-15-18-27(19-16-23)36(38)39/h1-21H,22H2/b31-21+,34-33?. The normalized spacial score (nSPS) is 15.1. The quantitative estimate of drug-likeness (QED) is 0.115. The third-order valence-electron chi connectivity index (χ3n) is 6.55. The van der Waals surface area contributed by atoms with Crippen LogP contribution >= 0.6 is 11.8 Å². The molecular weight excluding hydrogens is 534 g/mol. The van der Waals surface area contributed by atoms with Crippen molar-refractivity contribution in [3.8, 4) is 5.75 Å². The highest BCUT2D eigenvalue weighted by atomic mass is 32.2. The lowest BCUT2D eigenvalue weighted by Crippen LogP contribution is -2.28. The SMILES string of the molecule is O=C1/C(=C\c2c(OCc3ccc([N+](=O)[O-])cc3)ccc3ccccc23)SC(=Nc2ccccc2)N1c1ccccc1. The van der Waals surface area contributed by atoms with E-state index >= 15 is 0 Å².